The van der Waals surface area contributed by atoms with Gasteiger partial charge in [-0.15, -0.1) is 0 Å². The number of nitrogens with zero attached hydrogens (tertiary/aromatic N) is 1. The Kier molecular flexibility index (Phi) is 2.91. The summed E-state index contributed by atoms with van der Waals surface area (Å²) in [5.41, 5.74) is 8.71. The van der Waals surface area contributed by atoms with Crippen molar-refractivity contribution < 1.29 is 4.79 Å². The SMILES string of the molecule is Nc1cc(CC(=O)C2CNc3ccccc32)ccn1. The number of rotatable bonds is 3. The zero-order chi connectivity index (χ0) is 13.2. The van der Waals surface area contributed by atoms with Crippen LogP contribution in [0.25, 0.3) is 0 Å². The number of anilines is 2. The van der Waals surface area contributed by atoms with Crippen molar-refractivity contribution in [2.24, 2.45) is 0 Å². The van der Waals surface area contributed by atoms with Crippen LogP contribution >= 0.6 is 0 Å². The van der Waals surface area contributed by atoms with Gasteiger partial charge in [0.2, 0.25) is 0 Å². The summed E-state index contributed by atoms with van der Waals surface area (Å²) >= 11 is 0. The lowest BCUT2D eigenvalue weighted by Crippen LogP contribution is -2.17. The van der Waals surface area contributed by atoms with E-state index in [-0.39, 0.29) is 11.7 Å². The minimum absolute atomic E-state index is 0.0643. The molecular formula is C15H15N3O. The Labute approximate surface area is 111 Å². The fourth-order valence-corrected chi connectivity index (χ4v) is 2.50. The molecule has 0 bridgehead atoms. The molecule has 0 spiro atoms. The first-order valence-corrected chi connectivity index (χ1v) is 6.30. The minimum Gasteiger partial charge on any atom is -0.384 e. The van der Waals surface area contributed by atoms with Crippen LogP contribution in [0.4, 0.5) is 11.5 Å². The third kappa shape index (κ3) is 2.29. The number of Topliss-reactive ketones (excluding diaryl/α,β-unsaturated/α-hetero) is 1. The van der Waals surface area contributed by atoms with Crippen LogP contribution in [0.2, 0.25) is 0 Å². The van der Waals surface area contributed by atoms with E-state index in [0.717, 1.165) is 16.8 Å². The van der Waals surface area contributed by atoms with Gasteiger partial charge < -0.3 is 11.1 Å². The molecule has 1 aromatic carbocycles. The maximum Gasteiger partial charge on any atom is 0.146 e. The van der Waals surface area contributed by atoms with E-state index in [1.165, 1.54) is 0 Å². The van der Waals surface area contributed by atoms with Crippen LogP contribution in [0.5, 0.6) is 0 Å². The third-order valence-electron chi connectivity index (χ3n) is 3.45. The zero-order valence-electron chi connectivity index (χ0n) is 10.5. The molecule has 0 saturated heterocycles. The molecule has 4 nitrogen and oxygen atoms in total. The van der Waals surface area contributed by atoms with Crippen molar-refractivity contribution in [2.75, 3.05) is 17.6 Å². The maximum atomic E-state index is 12.4. The normalized spacial score (nSPS) is 16.7. The van der Waals surface area contributed by atoms with Gasteiger partial charge in [-0.2, -0.15) is 0 Å². The van der Waals surface area contributed by atoms with Gasteiger partial charge in [-0.3, -0.25) is 4.79 Å². The first kappa shape index (κ1) is 11.7. The standard InChI is InChI=1S/C15H15N3O/c16-15-8-10(5-6-17-15)7-14(19)12-9-18-13-4-2-1-3-11(12)13/h1-6,8,12,18H,7,9H2,(H2,16,17). The Morgan fingerprint density at radius 3 is 3.05 bits per heavy atom. The van der Waals surface area contributed by atoms with Crippen LogP contribution in [-0.4, -0.2) is 17.3 Å². The van der Waals surface area contributed by atoms with Crippen molar-refractivity contribution in [2.45, 2.75) is 12.3 Å². The summed E-state index contributed by atoms with van der Waals surface area (Å²) in [7, 11) is 0. The Morgan fingerprint density at radius 1 is 1.37 bits per heavy atom. The van der Waals surface area contributed by atoms with E-state index in [0.29, 0.717) is 18.8 Å². The van der Waals surface area contributed by atoms with Gasteiger partial charge in [0.1, 0.15) is 11.6 Å². The van der Waals surface area contributed by atoms with E-state index in [2.05, 4.69) is 10.3 Å². The smallest absolute Gasteiger partial charge is 0.146 e. The molecule has 1 atom stereocenters. The summed E-state index contributed by atoms with van der Waals surface area (Å²) in [6.45, 7) is 0.679. The van der Waals surface area contributed by atoms with Crippen LogP contribution < -0.4 is 11.1 Å². The zero-order valence-corrected chi connectivity index (χ0v) is 10.5. The second kappa shape index (κ2) is 4.72. The largest absolute Gasteiger partial charge is 0.384 e. The van der Waals surface area contributed by atoms with E-state index in [4.69, 9.17) is 5.73 Å². The van der Waals surface area contributed by atoms with Crippen LogP contribution in [0.15, 0.2) is 42.6 Å². The molecule has 0 fully saturated rings. The summed E-state index contributed by atoms with van der Waals surface area (Å²) in [6, 6.07) is 11.6. The Bertz CT molecular complexity index is 624. The van der Waals surface area contributed by atoms with Crippen molar-refractivity contribution in [3.05, 3.63) is 53.7 Å². The number of hydrogen-bond donors (Lipinski definition) is 2. The number of pyridine rings is 1. The lowest BCUT2D eigenvalue weighted by Gasteiger charge is -2.09. The summed E-state index contributed by atoms with van der Waals surface area (Å²) < 4.78 is 0. The molecule has 2 aromatic rings. The fraction of sp³-hybridized carbons (Fsp3) is 0.200. The first-order valence-electron chi connectivity index (χ1n) is 6.30. The van der Waals surface area contributed by atoms with Crippen molar-refractivity contribution in [3.8, 4) is 0 Å². The van der Waals surface area contributed by atoms with Crippen molar-refractivity contribution in [3.63, 3.8) is 0 Å². The summed E-state index contributed by atoms with van der Waals surface area (Å²) in [4.78, 5) is 16.3. The quantitative estimate of drug-likeness (QED) is 0.877. The highest BCUT2D eigenvalue weighted by Gasteiger charge is 2.27. The van der Waals surface area contributed by atoms with Gasteiger partial charge in [-0.1, -0.05) is 18.2 Å². The fourth-order valence-electron chi connectivity index (χ4n) is 2.50. The summed E-state index contributed by atoms with van der Waals surface area (Å²) in [5.74, 6) is 0.601. The lowest BCUT2D eigenvalue weighted by molar-refractivity contribution is -0.119. The third-order valence-corrected chi connectivity index (χ3v) is 3.45. The molecule has 1 unspecified atom stereocenters. The van der Waals surface area contributed by atoms with Crippen LogP contribution in [0.1, 0.15) is 17.0 Å². The number of ketones is 1. The van der Waals surface area contributed by atoms with Crippen LogP contribution in [0.3, 0.4) is 0 Å². The maximum absolute atomic E-state index is 12.4. The van der Waals surface area contributed by atoms with E-state index < -0.39 is 0 Å². The molecule has 96 valence electrons. The molecule has 0 aliphatic carbocycles. The minimum atomic E-state index is -0.0643. The molecule has 19 heavy (non-hydrogen) atoms. The molecule has 2 heterocycles. The molecule has 0 saturated carbocycles. The summed E-state index contributed by atoms with van der Waals surface area (Å²) in [5, 5.41) is 3.27. The number of hydrogen-bond acceptors (Lipinski definition) is 4. The van der Waals surface area contributed by atoms with Gasteiger partial charge in [-0.25, -0.2) is 4.98 Å². The Balaban J connectivity index is 1.79. The molecule has 3 rings (SSSR count). The highest BCUT2D eigenvalue weighted by atomic mass is 16.1. The number of carbonyl (C=O) groups is 1. The molecule has 0 amide bonds. The predicted octanol–water partition coefficient (Wildman–Crippen LogP) is 1.98. The number of benzene rings is 1. The van der Waals surface area contributed by atoms with Gasteiger partial charge in [0.15, 0.2) is 0 Å². The number of fused-ring (bicyclic) bond motifs is 1. The topological polar surface area (TPSA) is 68.0 Å². The molecule has 0 radical (unpaired) electrons. The summed E-state index contributed by atoms with van der Waals surface area (Å²) in [6.07, 6.45) is 2.03. The number of para-hydroxylation sites is 1. The van der Waals surface area contributed by atoms with E-state index in [1.807, 2.05) is 30.3 Å². The van der Waals surface area contributed by atoms with Gasteiger partial charge in [0.25, 0.3) is 0 Å². The monoisotopic (exact) mass is 253 g/mol. The first-order chi connectivity index (χ1) is 9.24. The van der Waals surface area contributed by atoms with Crippen molar-refractivity contribution in [1.82, 2.24) is 4.98 Å². The highest BCUT2D eigenvalue weighted by Crippen LogP contribution is 2.32. The molecule has 1 aromatic heterocycles. The Morgan fingerprint density at radius 2 is 2.21 bits per heavy atom. The van der Waals surface area contributed by atoms with E-state index in [9.17, 15) is 4.79 Å². The highest BCUT2D eigenvalue weighted by molar-refractivity contribution is 5.91. The average Bonchev–Trinajstić information content (AvgIpc) is 2.82. The van der Waals surface area contributed by atoms with Gasteiger partial charge in [0, 0.05) is 24.8 Å². The van der Waals surface area contributed by atoms with Crippen molar-refractivity contribution in [1.29, 1.82) is 0 Å². The second-order valence-corrected chi connectivity index (χ2v) is 4.75. The lowest BCUT2D eigenvalue weighted by atomic mass is 9.93. The molecule has 3 N–H and O–H groups in total. The molecule has 1 aliphatic rings. The van der Waals surface area contributed by atoms with Crippen LogP contribution in [-0.2, 0) is 11.2 Å². The van der Waals surface area contributed by atoms with E-state index >= 15 is 0 Å². The van der Waals surface area contributed by atoms with Gasteiger partial charge in [0.05, 0.1) is 5.92 Å². The van der Waals surface area contributed by atoms with Crippen molar-refractivity contribution >= 4 is 17.3 Å². The molecular weight excluding hydrogens is 238 g/mol. The van der Waals surface area contributed by atoms with Gasteiger partial charge in [-0.05, 0) is 29.3 Å². The molecule has 4 heteroatoms. The number of aromatic nitrogens is 1. The van der Waals surface area contributed by atoms with Crippen LogP contribution in [0, 0.1) is 0 Å². The average molecular weight is 253 g/mol. The Hall–Kier alpha value is -2.36. The predicted molar refractivity (Wildman–Crippen MR) is 75.0 cm³/mol. The van der Waals surface area contributed by atoms with E-state index in [1.54, 1.807) is 12.3 Å². The molecule has 1 aliphatic heterocycles. The second-order valence-electron chi connectivity index (χ2n) is 4.75. The number of nitrogens with two attached hydrogens (primary N) is 1. The number of nitrogens with one attached hydrogen (secondary N) is 1. The number of carbonyl (C=O) groups excluding carboxylic acids is 1. The van der Waals surface area contributed by atoms with Gasteiger partial charge >= 0.3 is 0 Å². The number of nitrogen functional groups attached to an aromatic ring is 1.